The number of carbonyl (C=O) groups is 1. The third kappa shape index (κ3) is 3.51. The monoisotopic (exact) mass is 321 g/mol. The highest BCUT2D eigenvalue weighted by molar-refractivity contribution is 5.91. The van der Waals surface area contributed by atoms with Crippen molar-refractivity contribution in [2.45, 2.75) is 26.7 Å². The van der Waals surface area contributed by atoms with Crippen LogP contribution in [-0.4, -0.2) is 15.9 Å². The summed E-state index contributed by atoms with van der Waals surface area (Å²) in [6.45, 7) is 3.98. The molecule has 0 aliphatic rings. The minimum atomic E-state index is -0.176. The summed E-state index contributed by atoms with van der Waals surface area (Å²) in [5.41, 5.74) is 3.46. The molecule has 24 heavy (non-hydrogen) atoms. The van der Waals surface area contributed by atoms with Crippen LogP contribution in [0.4, 0.5) is 5.69 Å². The summed E-state index contributed by atoms with van der Waals surface area (Å²) < 4.78 is 0. The summed E-state index contributed by atoms with van der Waals surface area (Å²) in [6.07, 6.45) is 0.644. The quantitative estimate of drug-likeness (QED) is 0.775. The fraction of sp³-hybridized carbons (Fsp3) is 0.211. The molecule has 2 aromatic carbocycles. The molecule has 3 aromatic rings. The lowest BCUT2D eigenvalue weighted by Crippen LogP contribution is -2.16. The maximum Gasteiger partial charge on any atom is 0.258 e. The van der Waals surface area contributed by atoms with Crippen LogP contribution >= 0.6 is 0 Å². The van der Waals surface area contributed by atoms with Crippen LogP contribution in [0.2, 0.25) is 0 Å². The number of amides is 1. The van der Waals surface area contributed by atoms with E-state index in [2.05, 4.69) is 15.3 Å². The van der Waals surface area contributed by atoms with E-state index in [1.54, 1.807) is 18.2 Å². The maximum absolute atomic E-state index is 12.1. The second kappa shape index (κ2) is 6.66. The smallest absolute Gasteiger partial charge is 0.258 e. The van der Waals surface area contributed by atoms with Gasteiger partial charge >= 0.3 is 0 Å². The summed E-state index contributed by atoms with van der Waals surface area (Å²) >= 11 is 0. The van der Waals surface area contributed by atoms with Crippen molar-refractivity contribution in [2.75, 3.05) is 5.32 Å². The minimum Gasteiger partial charge on any atom is -0.326 e. The first-order valence-electron chi connectivity index (χ1n) is 7.88. The van der Waals surface area contributed by atoms with Crippen molar-refractivity contribution < 1.29 is 4.79 Å². The zero-order valence-corrected chi connectivity index (χ0v) is 13.7. The van der Waals surface area contributed by atoms with E-state index in [9.17, 15) is 9.59 Å². The van der Waals surface area contributed by atoms with Gasteiger partial charge in [-0.15, -0.1) is 0 Å². The number of nitrogens with one attached hydrogen (secondary N) is 2. The number of benzene rings is 2. The number of para-hydroxylation sites is 1. The van der Waals surface area contributed by atoms with Gasteiger partial charge in [-0.25, -0.2) is 4.98 Å². The minimum absolute atomic E-state index is 0.0993. The van der Waals surface area contributed by atoms with Gasteiger partial charge in [0.25, 0.3) is 5.56 Å². The second-order valence-corrected chi connectivity index (χ2v) is 5.90. The topological polar surface area (TPSA) is 74.8 Å². The average molecular weight is 321 g/mol. The Morgan fingerprint density at radius 1 is 1.17 bits per heavy atom. The lowest BCUT2D eigenvalue weighted by molar-refractivity contribution is -0.116. The molecule has 0 saturated heterocycles. The van der Waals surface area contributed by atoms with Gasteiger partial charge < -0.3 is 10.3 Å². The molecule has 0 unspecified atom stereocenters. The van der Waals surface area contributed by atoms with Crippen molar-refractivity contribution in [3.63, 3.8) is 0 Å². The van der Waals surface area contributed by atoms with Crippen LogP contribution in [0.5, 0.6) is 0 Å². The molecule has 1 aromatic heterocycles. The predicted octanol–water partition coefficient (Wildman–Crippen LogP) is 3.11. The standard InChI is InChI=1S/C19H19N3O2/c1-12-7-8-15(13(2)11-12)21-18(23)10-9-17-20-16-6-4-3-5-14(16)19(24)22-17/h3-8,11H,9-10H2,1-2H3,(H,21,23)(H,20,22,24). The summed E-state index contributed by atoms with van der Waals surface area (Å²) in [6, 6.07) is 13.1. The van der Waals surface area contributed by atoms with Crippen molar-refractivity contribution in [1.29, 1.82) is 0 Å². The van der Waals surface area contributed by atoms with Gasteiger partial charge in [-0.3, -0.25) is 9.59 Å². The number of aryl methyl sites for hydroxylation is 3. The Labute approximate surface area is 139 Å². The van der Waals surface area contributed by atoms with E-state index < -0.39 is 0 Å². The molecule has 0 saturated carbocycles. The molecule has 5 heteroatoms. The van der Waals surface area contributed by atoms with Crippen LogP contribution < -0.4 is 10.9 Å². The lowest BCUT2D eigenvalue weighted by Gasteiger charge is -2.09. The average Bonchev–Trinajstić information content (AvgIpc) is 2.56. The fourth-order valence-electron chi connectivity index (χ4n) is 2.65. The van der Waals surface area contributed by atoms with Gasteiger partial charge in [-0.1, -0.05) is 29.8 Å². The first-order chi connectivity index (χ1) is 11.5. The summed E-state index contributed by atoms with van der Waals surface area (Å²) in [7, 11) is 0. The van der Waals surface area contributed by atoms with E-state index >= 15 is 0 Å². The SMILES string of the molecule is Cc1ccc(NC(=O)CCc2nc3ccccc3c(=O)[nH]2)c(C)c1. The van der Waals surface area contributed by atoms with Gasteiger partial charge in [-0.2, -0.15) is 0 Å². The van der Waals surface area contributed by atoms with E-state index in [1.165, 1.54) is 0 Å². The Hall–Kier alpha value is -2.95. The van der Waals surface area contributed by atoms with Gasteiger partial charge in [0.15, 0.2) is 0 Å². The zero-order valence-electron chi connectivity index (χ0n) is 13.7. The van der Waals surface area contributed by atoms with Crippen molar-refractivity contribution >= 4 is 22.5 Å². The molecular weight excluding hydrogens is 302 g/mol. The largest absolute Gasteiger partial charge is 0.326 e. The molecule has 3 rings (SSSR count). The lowest BCUT2D eigenvalue weighted by atomic mass is 10.1. The number of nitrogens with zero attached hydrogens (tertiary/aromatic N) is 1. The van der Waals surface area contributed by atoms with Gasteiger partial charge in [0.2, 0.25) is 5.91 Å². The molecule has 0 bridgehead atoms. The van der Waals surface area contributed by atoms with Crippen LogP contribution in [0.1, 0.15) is 23.4 Å². The molecule has 122 valence electrons. The number of aromatic amines is 1. The van der Waals surface area contributed by atoms with E-state index in [-0.39, 0.29) is 17.9 Å². The van der Waals surface area contributed by atoms with Crippen LogP contribution in [0.3, 0.4) is 0 Å². The number of H-pyrrole nitrogens is 1. The van der Waals surface area contributed by atoms with Crippen molar-refractivity contribution in [2.24, 2.45) is 0 Å². The van der Waals surface area contributed by atoms with E-state index in [0.29, 0.717) is 23.1 Å². The third-order valence-corrected chi connectivity index (χ3v) is 3.91. The second-order valence-electron chi connectivity index (χ2n) is 5.90. The Morgan fingerprint density at radius 2 is 1.96 bits per heavy atom. The van der Waals surface area contributed by atoms with Crippen molar-refractivity contribution in [3.05, 3.63) is 69.8 Å². The fourth-order valence-corrected chi connectivity index (χ4v) is 2.65. The van der Waals surface area contributed by atoms with E-state index in [1.807, 2.05) is 38.1 Å². The van der Waals surface area contributed by atoms with Crippen LogP contribution in [0.15, 0.2) is 47.3 Å². The Kier molecular flexibility index (Phi) is 4.42. The molecular formula is C19H19N3O2. The van der Waals surface area contributed by atoms with Gasteiger partial charge in [0.1, 0.15) is 5.82 Å². The number of hydrogen-bond donors (Lipinski definition) is 2. The van der Waals surface area contributed by atoms with Crippen LogP contribution in [-0.2, 0) is 11.2 Å². The first kappa shape index (κ1) is 15.9. The molecule has 1 heterocycles. The normalized spacial score (nSPS) is 10.8. The molecule has 2 N–H and O–H groups in total. The highest BCUT2D eigenvalue weighted by Gasteiger charge is 2.08. The summed E-state index contributed by atoms with van der Waals surface area (Å²) in [4.78, 5) is 31.3. The van der Waals surface area contributed by atoms with E-state index in [4.69, 9.17) is 0 Å². The van der Waals surface area contributed by atoms with Crippen LogP contribution in [0, 0.1) is 13.8 Å². The van der Waals surface area contributed by atoms with Crippen molar-refractivity contribution in [1.82, 2.24) is 9.97 Å². The number of carbonyl (C=O) groups excluding carboxylic acids is 1. The predicted molar refractivity (Wildman–Crippen MR) is 95.2 cm³/mol. The third-order valence-electron chi connectivity index (χ3n) is 3.91. The number of anilines is 1. The number of aromatic nitrogens is 2. The molecule has 5 nitrogen and oxygen atoms in total. The molecule has 0 atom stereocenters. The van der Waals surface area contributed by atoms with Crippen molar-refractivity contribution in [3.8, 4) is 0 Å². The van der Waals surface area contributed by atoms with Gasteiger partial charge in [0.05, 0.1) is 10.9 Å². The Morgan fingerprint density at radius 3 is 2.75 bits per heavy atom. The highest BCUT2D eigenvalue weighted by atomic mass is 16.1. The first-order valence-corrected chi connectivity index (χ1v) is 7.88. The Balaban J connectivity index is 1.69. The maximum atomic E-state index is 12.1. The molecule has 0 aliphatic carbocycles. The summed E-state index contributed by atoms with van der Waals surface area (Å²) in [5, 5.41) is 3.46. The Bertz CT molecular complexity index is 960. The number of fused-ring (bicyclic) bond motifs is 1. The zero-order chi connectivity index (χ0) is 17.1. The van der Waals surface area contributed by atoms with Gasteiger partial charge in [0, 0.05) is 18.5 Å². The molecule has 0 radical (unpaired) electrons. The molecule has 0 fully saturated rings. The number of hydrogen-bond acceptors (Lipinski definition) is 3. The van der Waals surface area contributed by atoms with Crippen LogP contribution in [0.25, 0.3) is 10.9 Å². The molecule has 0 spiro atoms. The molecule has 0 aliphatic heterocycles. The van der Waals surface area contributed by atoms with E-state index in [0.717, 1.165) is 16.8 Å². The highest BCUT2D eigenvalue weighted by Crippen LogP contribution is 2.16. The number of rotatable bonds is 4. The van der Waals surface area contributed by atoms with Gasteiger partial charge in [-0.05, 0) is 37.6 Å². The summed E-state index contributed by atoms with van der Waals surface area (Å²) in [5.74, 6) is 0.423. The molecule has 1 amide bonds.